The molecule has 3 aromatic heterocycles. The molecule has 0 radical (unpaired) electrons. The van der Waals surface area contributed by atoms with E-state index in [2.05, 4.69) is 124 Å². The van der Waals surface area contributed by atoms with Crippen LogP contribution in [0.5, 0.6) is 0 Å². The number of imidazole rings is 1. The van der Waals surface area contributed by atoms with Crippen molar-refractivity contribution in [1.82, 2.24) is 14.0 Å². The van der Waals surface area contributed by atoms with Gasteiger partial charge >= 0.3 is 0 Å². The maximum atomic E-state index is 5.31. The summed E-state index contributed by atoms with van der Waals surface area (Å²) in [5.41, 5.74) is 7.81. The van der Waals surface area contributed by atoms with Crippen molar-refractivity contribution in [3.05, 3.63) is 115 Å². The lowest BCUT2D eigenvalue weighted by atomic mass is 10.1. The second-order valence-electron chi connectivity index (χ2n) is 8.85. The van der Waals surface area contributed by atoms with E-state index >= 15 is 0 Å². The van der Waals surface area contributed by atoms with Crippen molar-refractivity contribution >= 4 is 60.2 Å². The summed E-state index contributed by atoms with van der Waals surface area (Å²) in [7, 11) is 0. The second-order valence-corrected chi connectivity index (χ2v) is 8.85. The van der Waals surface area contributed by atoms with Gasteiger partial charge in [-0.3, -0.25) is 4.40 Å². The smallest absolute Gasteiger partial charge is 0.146 e. The van der Waals surface area contributed by atoms with E-state index in [-0.39, 0.29) is 0 Å². The largest absolute Gasteiger partial charge is 0.307 e. The lowest BCUT2D eigenvalue weighted by Crippen LogP contribution is -1.95. The maximum absolute atomic E-state index is 5.31. The third-order valence-electron chi connectivity index (χ3n) is 7.09. The molecule has 8 aromatic rings. The number of para-hydroxylation sites is 4. The fourth-order valence-electron chi connectivity index (χ4n) is 5.68. The molecule has 0 unspecified atom stereocenters. The SMILES string of the molecule is c1ccc2c(c1)c1ccccc1n1c3cccc(-n4c5ccccc5c5ccccc54)c3nc21. The highest BCUT2D eigenvalue weighted by Gasteiger charge is 2.18. The highest BCUT2D eigenvalue weighted by atomic mass is 15.1. The van der Waals surface area contributed by atoms with Gasteiger partial charge in [-0.25, -0.2) is 4.98 Å². The molecule has 8 rings (SSSR count). The molecule has 3 nitrogen and oxygen atoms in total. The Bertz CT molecular complexity index is 2020. The zero-order chi connectivity index (χ0) is 22.2. The number of rotatable bonds is 1. The molecule has 3 heteroatoms. The fourth-order valence-corrected chi connectivity index (χ4v) is 5.68. The van der Waals surface area contributed by atoms with Crippen molar-refractivity contribution in [2.24, 2.45) is 0 Å². The van der Waals surface area contributed by atoms with Gasteiger partial charge < -0.3 is 4.57 Å². The predicted molar refractivity (Wildman–Crippen MR) is 142 cm³/mol. The Morgan fingerprint density at radius 3 is 1.59 bits per heavy atom. The Morgan fingerprint density at radius 2 is 0.912 bits per heavy atom. The number of fused-ring (bicyclic) bond motifs is 11. The van der Waals surface area contributed by atoms with Gasteiger partial charge in [0.05, 0.1) is 27.8 Å². The summed E-state index contributed by atoms with van der Waals surface area (Å²) in [6.45, 7) is 0. The molecule has 34 heavy (non-hydrogen) atoms. The number of aromatic nitrogens is 3. The third-order valence-corrected chi connectivity index (χ3v) is 7.09. The van der Waals surface area contributed by atoms with Crippen LogP contribution in [0.2, 0.25) is 0 Å². The van der Waals surface area contributed by atoms with E-state index in [1.165, 1.54) is 43.5 Å². The lowest BCUT2D eigenvalue weighted by molar-refractivity contribution is 1.19. The van der Waals surface area contributed by atoms with Gasteiger partial charge in [0.1, 0.15) is 11.2 Å². The lowest BCUT2D eigenvalue weighted by Gasteiger charge is -2.09. The van der Waals surface area contributed by atoms with Gasteiger partial charge in [0.15, 0.2) is 0 Å². The first kappa shape index (κ1) is 17.9. The van der Waals surface area contributed by atoms with Crippen LogP contribution in [-0.2, 0) is 0 Å². The molecule has 0 atom stereocenters. The number of nitrogens with zero attached hydrogens (tertiary/aromatic N) is 3. The average molecular weight is 434 g/mol. The standard InChI is InChI=1S/C31H19N3/c1-2-14-24-20(10-1)21-11-3-8-17-27(21)34-29-19-9-18-28(30(29)32-31(24)34)33-25-15-6-4-12-22(25)23-13-5-7-16-26(23)33/h1-19H. The zero-order valence-corrected chi connectivity index (χ0v) is 18.3. The monoisotopic (exact) mass is 433 g/mol. The Hall–Kier alpha value is -4.63. The summed E-state index contributed by atoms with van der Waals surface area (Å²) in [5, 5.41) is 6.17. The summed E-state index contributed by atoms with van der Waals surface area (Å²) >= 11 is 0. The van der Waals surface area contributed by atoms with E-state index in [4.69, 9.17) is 4.98 Å². The molecule has 0 saturated heterocycles. The average Bonchev–Trinajstić information content (AvgIpc) is 3.46. The van der Waals surface area contributed by atoms with Crippen LogP contribution in [0.1, 0.15) is 0 Å². The molecule has 0 N–H and O–H groups in total. The van der Waals surface area contributed by atoms with Crippen LogP contribution < -0.4 is 0 Å². The second kappa shape index (κ2) is 6.46. The van der Waals surface area contributed by atoms with Crippen molar-refractivity contribution in [2.45, 2.75) is 0 Å². The molecule has 0 bridgehead atoms. The molecule has 3 heterocycles. The van der Waals surface area contributed by atoms with Crippen LogP contribution in [-0.4, -0.2) is 14.0 Å². The topological polar surface area (TPSA) is 22.2 Å². The Labute approximate surface area is 195 Å². The van der Waals surface area contributed by atoms with Gasteiger partial charge in [0.2, 0.25) is 0 Å². The minimum absolute atomic E-state index is 0.998. The van der Waals surface area contributed by atoms with E-state index in [1.54, 1.807) is 0 Å². The predicted octanol–water partition coefficient (Wildman–Crippen LogP) is 7.89. The van der Waals surface area contributed by atoms with Crippen molar-refractivity contribution in [3.63, 3.8) is 0 Å². The van der Waals surface area contributed by atoms with E-state index in [0.717, 1.165) is 22.4 Å². The van der Waals surface area contributed by atoms with E-state index in [0.29, 0.717) is 0 Å². The van der Waals surface area contributed by atoms with E-state index in [1.807, 2.05) is 0 Å². The molecule has 0 aliphatic rings. The van der Waals surface area contributed by atoms with E-state index in [9.17, 15) is 0 Å². The quantitative estimate of drug-likeness (QED) is 0.241. The maximum Gasteiger partial charge on any atom is 0.146 e. The molecule has 5 aromatic carbocycles. The number of hydrogen-bond donors (Lipinski definition) is 0. The van der Waals surface area contributed by atoms with Crippen LogP contribution in [0.25, 0.3) is 65.8 Å². The minimum Gasteiger partial charge on any atom is -0.307 e. The Balaban J connectivity index is 1.62. The summed E-state index contributed by atoms with van der Waals surface area (Å²) in [4.78, 5) is 5.31. The molecule has 0 fully saturated rings. The van der Waals surface area contributed by atoms with Gasteiger partial charge in [0.25, 0.3) is 0 Å². The Kier molecular flexibility index (Phi) is 3.39. The van der Waals surface area contributed by atoms with Gasteiger partial charge in [-0.2, -0.15) is 0 Å². The molecule has 0 amide bonds. The van der Waals surface area contributed by atoms with Gasteiger partial charge in [-0.05, 0) is 35.7 Å². The van der Waals surface area contributed by atoms with Crippen molar-refractivity contribution in [3.8, 4) is 5.69 Å². The summed E-state index contributed by atoms with van der Waals surface area (Å²) in [6.07, 6.45) is 0. The third kappa shape index (κ3) is 2.18. The first-order chi connectivity index (χ1) is 16.9. The van der Waals surface area contributed by atoms with Gasteiger partial charge in [-0.1, -0.05) is 84.9 Å². The normalized spacial score (nSPS) is 12.1. The van der Waals surface area contributed by atoms with E-state index < -0.39 is 0 Å². The van der Waals surface area contributed by atoms with Crippen LogP contribution in [0.4, 0.5) is 0 Å². The van der Waals surface area contributed by atoms with Crippen LogP contribution in [0.15, 0.2) is 115 Å². The molecular formula is C31H19N3. The molecular weight excluding hydrogens is 414 g/mol. The molecule has 0 aliphatic carbocycles. The molecule has 0 aliphatic heterocycles. The minimum atomic E-state index is 0.998. The summed E-state index contributed by atoms with van der Waals surface area (Å²) in [5.74, 6) is 0. The highest BCUT2D eigenvalue weighted by Crippen LogP contribution is 2.37. The number of pyridine rings is 1. The summed E-state index contributed by atoms with van der Waals surface area (Å²) in [6, 6.07) is 41.0. The van der Waals surface area contributed by atoms with Crippen molar-refractivity contribution in [2.75, 3.05) is 0 Å². The van der Waals surface area contributed by atoms with Crippen molar-refractivity contribution in [1.29, 1.82) is 0 Å². The number of benzene rings is 5. The molecule has 0 saturated carbocycles. The van der Waals surface area contributed by atoms with Gasteiger partial charge in [-0.15, -0.1) is 0 Å². The van der Waals surface area contributed by atoms with Crippen LogP contribution in [0, 0.1) is 0 Å². The zero-order valence-electron chi connectivity index (χ0n) is 18.3. The molecule has 158 valence electrons. The first-order valence-electron chi connectivity index (χ1n) is 11.6. The molecule has 0 spiro atoms. The first-order valence-corrected chi connectivity index (χ1v) is 11.6. The van der Waals surface area contributed by atoms with Crippen LogP contribution >= 0.6 is 0 Å². The van der Waals surface area contributed by atoms with Crippen LogP contribution in [0.3, 0.4) is 0 Å². The fraction of sp³-hybridized carbons (Fsp3) is 0. The van der Waals surface area contributed by atoms with Crippen molar-refractivity contribution < 1.29 is 0 Å². The highest BCUT2D eigenvalue weighted by molar-refractivity contribution is 6.15. The number of hydrogen-bond acceptors (Lipinski definition) is 1. The Morgan fingerprint density at radius 1 is 0.412 bits per heavy atom. The van der Waals surface area contributed by atoms with Gasteiger partial charge in [0, 0.05) is 21.5 Å². The summed E-state index contributed by atoms with van der Waals surface area (Å²) < 4.78 is 4.69.